The molecular formula is C24H27N5O2S. The molecule has 6 rings (SSSR count). The Bertz CT molecular complexity index is 1210. The number of nitrogens with two attached hydrogens (primary N) is 1. The Morgan fingerprint density at radius 1 is 1.06 bits per heavy atom. The molecule has 0 unspecified atom stereocenters. The molecule has 3 fully saturated rings. The maximum absolute atomic E-state index is 12.7. The predicted molar refractivity (Wildman–Crippen MR) is 129 cm³/mol. The molecule has 3 aliphatic rings. The van der Waals surface area contributed by atoms with Crippen molar-refractivity contribution in [2.75, 3.05) is 30.3 Å². The van der Waals surface area contributed by atoms with Crippen LogP contribution in [0.2, 0.25) is 0 Å². The van der Waals surface area contributed by atoms with E-state index in [4.69, 9.17) is 5.73 Å². The first-order valence-corrected chi connectivity index (χ1v) is 11.8. The quantitative estimate of drug-likeness (QED) is 0.547. The summed E-state index contributed by atoms with van der Waals surface area (Å²) in [6.07, 6.45) is 2.31. The summed E-state index contributed by atoms with van der Waals surface area (Å²) in [5, 5.41) is 6.74. The standard InChI is InChI=1S/C24H27N5O2S/c1-13-3-4-16(9-14(13)2)26-24(31)27-17-10-18(19-12-29-7-5-15(19)6-8-29)21-20(11-17)32-28-22(21)23(25)30/h3-4,9-11,15,19H,5-8,12H2,1-2H3,(H2,25,30)(H2,26,27,31)/t19-/m1/s1. The first-order valence-electron chi connectivity index (χ1n) is 11.0. The molecule has 7 nitrogen and oxygen atoms in total. The van der Waals surface area contributed by atoms with Crippen molar-refractivity contribution in [1.82, 2.24) is 9.27 Å². The van der Waals surface area contributed by atoms with Gasteiger partial charge >= 0.3 is 6.03 Å². The van der Waals surface area contributed by atoms with Gasteiger partial charge in [-0.3, -0.25) is 4.79 Å². The molecule has 3 aromatic rings. The Kier molecular flexibility index (Phi) is 5.35. The fraction of sp³-hybridized carbons (Fsp3) is 0.375. The summed E-state index contributed by atoms with van der Waals surface area (Å²) in [7, 11) is 0. The molecule has 4 N–H and O–H groups in total. The van der Waals surface area contributed by atoms with E-state index < -0.39 is 5.91 Å². The highest BCUT2D eigenvalue weighted by molar-refractivity contribution is 7.13. The number of anilines is 2. The zero-order chi connectivity index (χ0) is 22.4. The van der Waals surface area contributed by atoms with Gasteiger partial charge in [-0.05, 0) is 98.2 Å². The summed E-state index contributed by atoms with van der Waals surface area (Å²) >= 11 is 1.25. The van der Waals surface area contributed by atoms with Crippen molar-refractivity contribution in [1.29, 1.82) is 0 Å². The molecule has 8 heteroatoms. The molecule has 166 valence electrons. The van der Waals surface area contributed by atoms with Gasteiger partial charge in [0.1, 0.15) is 5.69 Å². The molecule has 3 saturated heterocycles. The van der Waals surface area contributed by atoms with Crippen molar-refractivity contribution in [2.24, 2.45) is 11.7 Å². The lowest BCUT2D eigenvalue weighted by Gasteiger charge is -2.45. The Labute approximate surface area is 191 Å². The molecule has 0 aliphatic carbocycles. The SMILES string of the molecule is Cc1ccc(NC(=O)Nc2cc([C@@H]3CN4CCC3CC4)c3c(C(N)=O)nsc3c2)cc1C. The van der Waals surface area contributed by atoms with Crippen LogP contribution >= 0.6 is 11.5 Å². The van der Waals surface area contributed by atoms with Crippen LogP contribution in [0.15, 0.2) is 30.3 Å². The number of aryl methyl sites for hydroxylation is 2. The normalized spacial score (nSPS) is 22.1. The number of hydrogen-bond acceptors (Lipinski definition) is 5. The molecule has 0 saturated carbocycles. The maximum Gasteiger partial charge on any atom is 0.323 e. The van der Waals surface area contributed by atoms with Crippen molar-refractivity contribution in [3.63, 3.8) is 0 Å². The zero-order valence-corrected chi connectivity index (χ0v) is 19.1. The summed E-state index contributed by atoms with van der Waals surface area (Å²) in [6, 6.07) is 9.43. The van der Waals surface area contributed by atoms with Crippen LogP contribution in [-0.4, -0.2) is 40.8 Å². The van der Waals surface area contributed by atoms with E-state index in [-0.39, 0.29) is 6.03 Å². The number of hydrogen-bond donors (Lipinski definition) is 3. The predicted octanol–water partition coefficient (Wildman–Crippen LogP) is 4.47. The summed E-state index contributed by atoms with van der Waals surface area (Å²) in [6.45, 7) is 7.29. The van der Waals surface area contributed by atoms with Crippen molar-refractivity contribution < 1.29 is 9.59 Å². The molecule has 4 heterocycles. The highest BCUT2D eigenvalue weighted by Gasteiger charge is 2.36. The summed E-state index contributed by atoms with van der Waals surface area (Å²) < 4.78 is 5.21. The smallest absolute Gasteiger partial charge is 0.323 e. The number of fused-ring (bicyclic) bond motifs is 4. The van der Waals surface area contributed by atoms with Crippen LogP contribution in [0.3, 0.4) is 0 Å². The average Bonchev–Trinajstić information content (AvgIpc) is 3.21. The Morgan fingerprint density at radius 2 is 1.81 bits per heavy atom. The van der Waals surface area contributed by atoms with Crippen LogP contribution < -0.4 is 16.4 Å². The van der Waals surface area contributed by atoms with Gasteiger partial charge in [-0.2, -0.15) is 4.37 Å². The molecular weight excluding hydrogens is 422 g/mol. The lowest BCUT2D eigenvalue weighted by molar-refractivity contribution is 0.0876. The topological polar surface area (TPSA) is 100 Å². The number of piperidine rings is 3. The third-order valence-electron chi connectivity index (χ3n) is 6.92. The van der Waals surface area contributed by atoms with Gasteiger partial charge in [0.15, 0.2) is 0 Å². The van der Waals surface area contributed by atoms with E-state index in [0.717, 1.165) is 59.4 Å². The molecule has 1 aromatic heterocycles. The molecule has 0 spiro atoms. The van der Waals surface area contributed by atoms with Gasteiger partial charge in [0, 0.05) is 29.2 Å². The first kappa shape index (κ1) is 20.9. The van der Waals surface area contributed by atoms with Crippen LogP contribution in [0.25, 0.3) is 10.1 Å². The lowest BCUT2D eigenvalue weighted by atomic mass is 9.74. The van der Waals surface area contributed by atoms with E-state index >= 15 is 0 Å². The minimum absolute atomic E-state index is 0.299. The minimum atomic E-state index is -0.507. The van der Waals surface area contributed by atoms with Crippen molar-refractivity contribution >= 4 is 44.9 Å². The number of carbonyl (C=O) groups is 2. The average molecular weight is 450 g/mol. The second kappa shape index (κ2) is 8.18. The van der Waals surface area contributed by atoms with Gasteiger partial charge < -0.3 is 21.3 Å². The van der Waals surface area contributed by atoms with Gasteiger partial charge in [-0.1, -0.05) is 6.07 Å². The van der Waals surface area contributed by atoms with Crippen LogP contribution in [-0.2, 0) is 0 Å². The number of primary amides is 1. The highest BCUT2D eigenvalue weighted by Crippen LogP contribution is 2.43. The molecule has 2 aromatic carbocycles. The number of aromatic nitrogens is 1. The molecule has 2 bridgehead atoms. The van der Waals surface area contributed by atoms with Crippen molar-refractivity contribution in [2.45, 2.75) is 32.6 Å². The van der Waals surface area contributed by atoms with Crippen LogP contribution in [0.4, 0.5) is 16.2 Å². The van der Waals surface area contributed by atoms with Crippen molar-refractivity contribution in [3.8, 4) is 0 Å². The van der Waals surface area contributed by atoms with Gasteiger partial charge in [0.25, 0.3) is 5.91 Å². The summed E-state index contributed by atoms with van der Waals surface area (Å²) in [5.74, 6) is 0.370. The number of rotatable bonds is 4. The molecule has 32 heavy (non-hydrogen) atoms. The van der Waals surface area contributed by atoms with E-state index in [1.54, 1.807) is 0 Å². The molecule has 0 radical (unpaired) electrons. The Morgan fingerprint density at radius 3 is 2.47 bits per heavy atom. The van der Waals surface area contributed by atoms with Gasteiger partial charge in [0.2, 0.25) is 0 Å². The van der Waals surface area contributed by atoms with Crippen LogP contribution in [0, 0.1) is 19.8 Å². The van der Waals surface area contributed by atoms with Gasteiger partial charge in [-0.15, -0.1) is 0 Å². The largest absolute Gasteiger partial charge is 0.364 e. The number of nitrogens with one attached hydrogen (secondary N) is 2. The van der Waals surface area contributed by atoms with Crippen LogP contribution in [0.5, 0.6) is 0 Å². The zero-order valence-electron chi connectivity index (χ0n) is 18.3. The number of benzene rings is 2. The maximum atomic E-state index is 12.7. The van der Waals surface area contributed by atoms with E-state index in [1.165, 1.54) is 17.1 Å². The molecule has 1 atom stereocenters. The highest BCUT2D eigenvalue weighted by atomic mass is 32.1. The number of carbonyl (C=O) groups excluding carboxylic acids is 2. The summed E-state index contributed by atoms with van der Waals surface area (Å²) in [5.41, 5.74) is 10.8. The Balaban J connectivity index is 1.48. The Hall–Kier alpha value is -2.97. The van der Waals surface area contributed by atoms with Gasteiger partial charge in [-0.25, -0.2) is 4.79 Å². The second-order valence-electron chi connectivity index (χ2n) is 8.96. The van der Waals surface area contributed by atoms with E-state index in [2.05, 4.69) is 19.9 Å². The third-order valence-corrected chi connectivity index (χ3v) is 7.71. The number of nitrogens with zero attached hydrogens (tertiary/aromatic N) is 2. The fourth-order valence-electron chi connectivity index (χ4n) is 5.07. The molecule has 3 aliphatic heterocycles. The third kappa shape index (κ3) is 3.84. The van der Waals surface area contributed by atoms with E-state index in [1.807, 2.05) is 44.2 Å². The first-order chi connectivity index (χ1) is 15.4. The summed E-state index contributed by atoms with van der Waals surface area (Å²) in [4.78, 5) is 27.3. The van der Waals surface area contributed by atoms with E-state index in [0.29, 0.717) is 23.2 Å². The van der Waals surface area contributed by atoms with E-state index in [9.17, 15) is 9.59 Å². The fourth-order valence-corrected chi connectivity index (χ4v) is 5.92. The lowest BCUT2D eigenvalue weighted by Crippen LogP contribution is -2.46. The monoisotopic (exact) mass is 449 g/mol. The molecule has 3 amide bonds. The number of amides is 3. The van der Waals surface area contributed by atoms with Gasteiger partial charge in [0.05, 0.1) is 4.70 Å². The van der Waals surface area contributed by atoms with Crippen molar-refractivity contribution in [3.05, 3.63) is 52.7 Å². The number of urea groups is 1. The minimum Gasteiger partial charge on any atom is -0.364 e. The second-order valence-corrected chi connectivity index (χ2v) is 9.76. The van der Waals surface area contributed by atoms with Crippen LogP contribution in [0.1, 0.15) is 45.9 Å².